The van der Waals surface area contributed by atoms with E-state index in [-0.39, 0.29) is 25.1 Å². The van der Waals surface area contributed by atoms with Crippen LogP contribution in [-0.4, -0.2) is 49.1 Å². The van der Waals surface area contributed by atoms with Crippen molar-refractivity contribution in [1.82, 2.24) is 5.32 Å². The van der Waals surface area contributed by atoms with Crippen LogP contribution in [0.4, 0.5) is 10.1 Å². The molecule has 4 nitrogen and oxygen atoms in total. The van der Waals surface area contributed by atoms with E-state index in [1.54, 1.807) is 12.1 Å². The average Bonchev–Trinajstić information content (AvgIpc) is 2.89. The second-order valence-electron chi connectivity index (χ2n) is 5.05. The van der Waals surface area contributed by atoms with Crippen molar-refractivity contribution in [3.8, 4) is 0 Å². The van der Waals surface area contributed by atoms with E-state index in [9.17, 15) is 4.39 Å². The van der Waals surface area contributed by atoms with Crippen molar-refractivity contribution < 1.29 is 14.6 Å². The molecule has 1 heterocycles. The normalized spacial score (nSPS) is 19.4. The number of hydrogen-bond donors (Lipinski definition) is 3. The van der Waals surface area contributed by atoms with Gasteiger partial charge in [-0.1, -0.05) is 0 Å². The summed E-state index contributed by atoms with van der Waals surface area (Å²) in [5.41, 5.74) is 1.05. The molecule has 0 saturated carbocycles. The fraction of sp³-hybridized carbons (Fsp3) is 0.571. The first kappa shape index (κ1) is 14.2. The predicted octanol–water partition coefficient (Wildman–Crippen LogP) is 0.595. The summed E-state index contributed by atoms with van der Waals surface area (Å²) >= 11 is 0. The standard InChI is InChI=1S/C14H21FN2O2/c15-12-1-3-14(4-2-12)17-6-5-11(8-17)7-16-13(9-18)10-19/h1-4,11,13,16,18-19H,5-10H2/t11-/m0/s1. The molecule has 1 aromatic carbocycles. The summed E-state index contributed by atoms with van der Waals surface area (Å²) in [7, 11) is 0. The van der Waals surface area contributed by atoms with Crippen molar-refractivity contribution in [1.29, 1.82) is 0 Å². The molecule has 0 amide bonds. The quantitative estimate of drug-likeness (QED) is 0.707. The maximum atomic E-state index is 12.9. The zero-order valence-electron chi connectivity index (χ0n) is 10.9. The number of nitrogens with one attached hydrogen (secondary N) is 1. The highest BCUT2D eigenvalue weighted by atomic mass is 19.1. The Labute approximate surface area is 112 Å². The summed E-state index contributed by atoms with van der Waals surface area (Å²) < 4.78 is 12.9. The monoisotopic (exact) mass is 268 g/mol. The zero-order valence-corrected chi connectivity index (χ0v) is 10.9. The third kappa shape index (κ3) is 3.89. The van der Waals surface area contributed by atoms with Gasteiger partial charge in [0.15, 0.2) is 0 Å². The largest absolute Gasteiger partial charge is 0.395 e. The van der Waals surface area contributed by atoms with Crippen LogP contribution in [0.3, 0.4) is 0 Å². The molecule has 1 atom stereocenters. The molecule has 1 aromatic rings. The Balaban J connectivity index is 1.81. The lowest BCUT2D eigenvalue weighted by molar-refractivity contribution is 0.168. The number of benzene rings is 1. The Hall–Kier alpha value is -1.17. The fourth-order valence-corrected chi connectivity index (χ4v) is 2.41. The number of hydrogen-bond acceptors (Lipinski definition) is 4. The molecule has 1 aliphatic rings. The van der Waals surface area contributed by atoms with Gasteiger partial charge in [-0.3, -0.25) is 0 Å². The Morgan fingerprint density at radius 2 is 1.95 bits per heavy atom. The number of halogens is 1. The van der Waals surface area contributed by atoms with Crippen LogP contribution in [0.5, 0.6) is 0 Å². The summed E-state index contributed by atoms with van der Waals surface area (Å²) in [5, 5.41) is 21.1. The Morgan fingerprint density at radius 3 is 2.58 bits per heavy atom. The highest BCUT2D eigenvalue weighted by Crippen LogP contribution is 2.23. The highest BCUT2D eigenvalue weighted by molar-refractivity contribution is 5.47. The van der Waals surface area contributed by atoms with Crippen molar-refractivity contribution in [2.45, 2.75) is 12.5 Å². The summed E-state index contributed by atoms with van der Waals surface area (Å²) in [6.45, 7) is 2.56. The minimum absolute atomic E-state index is 0.0507. The van der Waals surface area contributed by atoms with Crippen LogP contribution >= 0.6 is 0 Å². The molecule has 2 rings (SSSR count). The van der Waals surface area contributed by atoms with Crippen LogP contribution in [0.25, 0.3) is 0 Å². The minimum atomic E-state index is -0.236. The molecule has 0 radical (unpaired) electrons. The van der Waals surface area contributed by atoms with Gasteiger partial charge in [0.25, 0.3) is 0 Å². The van der Waals surface area contributed by atoms with Crippen molar-refractivity contribution in [3.05, 3.63) is 30.1 Å². The topological polar surface area (TPSA) is 55.7 Å². The van der Waals surface area contributed by atoms with E-state index < -0.39 is 0 Å². The van der Waals surface area contributed by atoms with Gasteiger partial charge >= 0.3 is 0 Å². The highest BCUT2D eigenvalue weighted by Gasteiger charge is 2.23. The van der Waals surface area contributed by atoms with E-state index in [0.717, 1.165) is 31.7 Å². The van der Waals surface area contributed by atoms with E-state index in [0.29, 0.717) is 5.92 Å². The van der Waals surface area contributed by atoms with E-state index in [1.165, 1.54) is 12.1 Å². The summed E-state index contributed by atoms with van der Waals surface area (Å²) in [4.78, 5) is 2.23. The summed E-state index contributed by atoms with van der Waals surface area (Å²) in [5.74, 6) is 0.278. The lowest BCUT2D eigenvalue weighted by atomic mass is 10.1. The second-order valence-corrected chi connectivity index (χ2v) is 5.05. The molecule has 0 aliphatic carbocycles. The molecule has 5 heteroatoms. The predicted molar refractivity (Wildman–Crippen MR) is 72.7 cm³/mol. The van der Waals surface area contributed by atoms with Crippen molar-refractivity contribution in [2.24, 2.45) is 5.92 Å². The van der Waals surface area contributed by atoms with Crippen molar-refractivity contribution in [3.63, 3.8) is 0 Å². The number of nitrogens with zero attached hydrogens (tertiary/aromatic N) is 1. The molecule has 1 aliphatic heterocycles. The molecule has 3 N–H and O–H groups in total. The van der Waals surface area contributed by atoms with Gasteiger partial charge in [0.1, 0.15) is 5.82 Å². The van der Waals surface area contributed by atoms with Crippen LogP contribution in [-0.2, 0) is 0 Å². The second kappa shape index (κ2) is 6.84. The molecule has 19 heavy (non-hydrogen) atoms. The Kier molecular flexibility index (Phi) is 5.13. The Morgan fingerprint density at radius 1 is 1.26 bits per heavy atom. The van der Waals surface area contributed by atoms with Gasteiger partial charge in [0.05, 0.1) is 19.3 Å². The van der Waals surface area contributed by atoms with Crippen molar-refractivity contribution in [2.75, 3.05) is 37.7 Å². The molecule has 1 saturated heterocycles. The van der Waals surface area contributed by atoms with Gasteiger partial charge in [0.2, 0.25) is 0 Å². The Bertz CT molecular complexity index is 382. The van der Waals surface area contributed by atoms with Crippen LogP contribution in [0, 0.1) is 11.7 Å². The zero-order chi connectivity index (χ0) is 13.7. The SMILES string of the molecule is OCC(CO)NC[C@@H]1CCN(c2ccc(F)cc2)C1. The molecular formula is C14H21FN2O2. The first-order valence-corrected chi connectivity index (χ1v) is 6.68. The molecule has 0 bridgehead atoms. The summed E-state index contributed by atoms with van der Waals surface area (Å²) in [6.07, 6.45) is 1.06. The van der Waals surface area contributed by atoms with E-state index in [1.807, 2.05) is 0 Å². The molecule has 0 aromatic heterocycles. The first-order chi connectivity index (χ1) is 9.22. The number of aliphatic hydroxyl groups excluding tert-OH is 2. The number of aliphatic hydroxyl groups is 2. The molecule has 106 valence electrons. The third-order valence-electron chi connectivity index (χ3n) is 3.61. The van der Waals surface area contributed by atoms with Gasteiger partial charge in [-0.15, -0.1) is 0 Å². The van der Waals surface area contributed by atoms with E-state index in [4.69, 9.17) is 10.2 Å². The van der Waals surface area contributed by atoms with Gasteiger partial charge in [-0.05, 0) is 36.6 Å². The molecule has 0 spiro atoms. The maximum Gasteiger partial charge on any atom is 0.123 e. The average molecular weight is 268 g/mol. The lowest BCUT2D eigenvalue weighted by Gasteiger charge is -2.20. The smallest absolute Gasteiger partial charge is 0.123 e. The fourth-order valence-electron chi connectivity index (χ4n) is 2.41. The first-order valence-electron chi connectivity index (χ1n) is 6.68. The maximum absolute atomic E-state index is 12.9. The van der Waals surface area contributed by atoms with Crippen LogP contribution < -0.4 is 10.2 Å². The van der Waals surface area contributed by atoms with Crippen LogP contribution in [0.15, 0.2) is 24.3 Å². The van der Waals surface area contributed by atoms with Gasteiger partial charge in [-0.25, -0.2) is 4.39 Å². The van der Waals surface area contributed by atoms with E-state index >= 15 is 0 Å². The lowest BCUT2D eigenvalue weighted by Crippen LogP contribution is -2.39. The van der Waals surface area contributed by atoms with Gasteiger partial charge in [-0.2, -0.15) is 0 Å². The van der Waals surface area contributed by atoms with Crippen molar-refractivity contribution >= 4 is 5.69 Å². The van der Waals surface area contributed by atoms with Crippen LogP contribution in [0.2, 0.25) is 0 Å². The number of rotatable bonds is 6. The van der Waals surface area contributed by atoms with Gasteiger partial charge < -0.3 is 20.4 Å². The molecule has 1 fully saturated rings. The van der Waals surface area contributed by atoms with Gasteiger partial charge in [0, 0.05) is 25.3 Å². The molecule has 0 unspecified atom stereocenters. The summed E-state index contributed by atoms with van der Waals surface area (Å²) in [6, 6.07) is 6.33. The van der Waals surface area contributed by atoms with Crippen LogP contribution in [0.1, 0.15) is 6.42 Å². The minimum Gasteiger partial charge on any atom is -0.395 e. The number of anilines is 1. The third-order valence-corrected chi connectivity index (χ3v) is 3.61. The molecular weight excluding hydrogens is 247 g/mol. The van der Waals surface area contributed by atoms with E-state index in [2.05, 4.69) is 10.2 Å².